The summed E-state index contributed by atoms with van der Waals surface area (Å²) in [6.45, 7) is 16.1. The molecule has 15 heavy (non-hydrogen) atoms. The fraction of sp³-hybridized carbons (Fsp3) is 1.00. The van der Waals surface area contributed by atoms with Crippen molar-refractivity contribution >= 4 is 0 Å². The number of morpholine rings is 1. The van der Waals surface area contributed by atoms with E-state index in [4.69, 9.17) is 4.74 Å². The second-order valence-electron chi connectivity index (χ2n) is 5.69. The highest BCUT2D eigenvalue weighted by Gasteiger charge is 2.37. The second kappa shape index (κ2) is 4.81. The molecule has 0 aliphatic carbocycles. The van der Waals surface area contributed by atoms with Gasteiger partial charge in [0.25, 0.3) is 0 Å². The SMILES string of the molecule is CCNCCN1CC(C)(C)OC(C)(C)C1. The van der Waals surface area contributed by atoms with Crippen LogP contribution in [0.2, 0.25) is 0 Å². The molecule has 0 aromatic rings. The van der Waals surface area contributed by atoms with Crippen LogP contribution in [0, 0.1) is 0 Å². The number of hydrogen-bond acceptors (Lipinski definition) is 3. The van der Waals surface area contributed by atoms with E-state index in [2.05, 4.69) is 44.8 Å². The van der Waals surface area contributed by atoms with E-state index in [1.807, 2.05) is 0 Å². The predicted molar refractivity (Wildman–Crippen MR) is 64.2 cm³/mol. The molecule has 1 heterocycles. The van der Waals surface area contributed by atoms with E-state index in [-0.39, 0.29) is 11.2 Å². The van der Waals surface area contributed by atoms with Crippen molar-refractivity contribution in [2.45, 2.75) is 45.8 Å². The van der Waals surface area contributed by atoms with Crippen molar-refractivity contribution in [1.29, 1.82) is 0 Å². The van der Waals surface area contributed by atoms with Crippen molar-refractivity contribution in [3.63, 3.8) is 0 Å². The van der Waals surface area contributed by atoms with Crippen molar-refractivity contribution in [2.75, 3.05) is 32.7 Å². The summed E-state index contributed by atoms with van der Waals surface area (Å²) in [5.74, 6) is 0. The Morgan fingerprint density at radius 1 is 1.13 bits per heavy atom. The van der Waals surface area contributed by atoms with Gasteiger partial charge in [-0.05, 0) is 34.2 Å². The van der Waals surface area contributed by atoms with Crippen LogP contribution in [0.5, 0.6) is 0 Å². The van der Waals surface area contributed by atoms with Gasteiger partial charge in [-0.1, -0.05) is 6.92 Å². The monoisotopic (exact) mass is 214 g/mol. The highest BCUT2D eigenvalue weighted by Crippen LogP contribution is 2.27. The Morgan fingerprint density at radius 3 is 2.13 bits per heavy atom. The summed E-state index contributed by atoms with van der Waals surface area (Å²) in [6.07, 6.45) is 0. The van der Waals surface area contributed by atoms with Crippen LogP contribution in [0.15, 0.2) is 0 Å². The van der Waals surface area contributed by atoms with Crippen LogP contribution in [0.1, 0.15) is 34.6 Å². The van der Waals surface area contributed by atoms with Gasteiger partial charge in [-0.2, -0.15) is 0 Å². The Labute approximate surface area is 94.2 Å². The third kappa shape index (κ3) is 4.49. The summed E-state index contributed by atoms with van der Waals surface area (Å²) in [4.78, 5) is 2.49. The van der Waals surface area contributed by atoms with Gasteiger partial charge in [-0.25, -0.2) is 0 Å². The molecule has 3 nitrogen and oxygen atoms in total. The Balaban J connectivity index is 2.44. The van der Waals surface area contributed by atoms with Crippen LogP contribution in [0.3, 0.4) is 0 Å². The third-order valence-corrected chi connectivity index (χ3v) is 2.62. The first-order valence-corrected chi connectivity index (χ1v) is 5.98. The summed E-state index contributed by atoms with van der Waals surface area (Å²) < 4.78 is 6.04. The largest absolute Gasteiger partial charge is 0.367 e. The van der Waals surface area contributed by atoms with E-state index >= 15 is 0 Å². The van der Waals surface area contributed by atoms with Gasteiger partial charge < -0.3 is 10.1 Å². The Kier molecular flexibility index (Phi) is 4.15. The number of nitrogens with one attached hydrogen (secondary N) is 1. The maximum absolute atomic E-state index is 6.04. The Hall–Kier alpha value is -0.120. The quantitative estimate of drug-likeness (QED) is 0.718. The van der Waals surface area contributed by atoms with E-state index < -0.39 is 0 Å². The lowest BCUT2D eigenvalue weighted by molar-refractivity contribution is -0.179. The van der Waals surface area contributed by atoms with Crippen molar-refractivity contribution in [1.82, 2.24) is 10.2 Å². The molecule has 1 aliphatic rings. The molecule has 1 N–H and O–H groups in total. The van der Waals surface area contributed by atoms with Crippen LogP contribution in [-0.2, 0) is 4.74 Å². The maximum Gasteiger partial charge on any atom is 0.0760 e. The molecule has 0 saturated carbocycles. The van der Waals surface area contributed by atoms with Crippen molar-refractivity contribution in [3.05, 3.63) is 0 Å². The van der Waals surface area contributed by atoms with Gasteiger partial charge in [0.1, 0.15) is 0 Å². The van der Waals surface area contributed by atoms with Crippen LogP contribution >= 0.6 is 0 Å². The number of rotatable bonds is 4. The lowest BCUT2D eigenvalue weighted by Crippen LogP contribution is -2.58. The molecular formula is C12H26N2O. The molecular weight excluding hydrogens is 188 g/mol. The van der Waals surface area contributed by atoms with Gasteiger partial charge >= 0.3 is 0 Å². The number of likely N-dealkylation sites (N-methyl/N-ethyl adjacent to an activating group) is 1. The number of hydrogen-bond donors (Lipinski definition) is 1. The highest BCUT2D eigenvalue weighted by molar-refractivity contribution is 4.89. The minimum atomic E-state index is -0.0199. The molecule has 1 aliphatic heterocycles. The Morgan fingerprint density at radius 2 is 1.67 bits per heavy atom. The number of nitrogens with zero attached hydrogens (tertiary/aromatic N) is 1. The normalized spacial score (nSPS) is 25.4. The molecule has 0 atom stereocenters. The van der Waals surface area contributed by atoms with E-state index in [9.17, 15) is 0 Å². The minimum absolute atomic E-state index is 0.0199. The van der Waals surface area contributed by atoms with Gasteiger partial charge in [0.2, 0.25) is 0 Å². The van der Waals surface area contributed by atoms with Crippen LogP contribution in [0.4, 0.5) is 0 Å². The fourth-order valence-electron chi connectivity index (χ4n) is 2.52. The average molecular weight is 214 g/mol. The summed E-state index contributed by atoms with van der Waals surface area (Å²) in [7, 11) is 0. The molecule has 1 rings (SSSR count). The first kappa shape index (κ1) is 12.9. The lowest BCUT2D eigenvalue weighted by Gasteiger charge is -2.47. The molecule has 1 fully saturated rings. The maximum atomic E-state index is 6.04. The predicted octanol–water partition coefficient (Wildman–Crippen LogP) is 1.49. The molecule has 90 valence electrons. The van der Waals surface area contributed by atoms with Gasteiger partial charge in [0.15, 0.2) is 0 Å². The summed E-state index contributed by atoms with van der Waals surface area (Å²) >= 11 is 0. The molecule has 0 bridgehead atoms. The fourth-order valence-corrected chi connectivity index (χ4v) is 2.52. The molecule has 3 heteroatoms. The third-order valence-electron chi connectivity index (χ3n) is 2.62. The van der Waals surface area contributed by atoms with Crippen molar-refractivity contribution in [3.8, 4) is 0 Å². The second-order valence-corrected chi connectivity index (χ2v) is 5.69. The summed E-state index contributed by atoms with van der Waals surface area (Å²) in [5.41, 5.74) is -0.0398. The first-order chi connectivity index (χ1) is 6.85. The topological polar surface area (TPSA) is 24.5 Å². The van der Waals surface area contributed by atoms with E-state index in [1.54, 1.807) is 0 Å². The molecule has 1 saturated heterocycles. The summed E-state index contributed by atoms with van der Waals surface area (Å²) in [6, 6.07) is 0. The molecule has 0 spiro atoms. The molecule has 0 unspecified atom stereocenters. The van der Waals surface area contributed by atoms with Gasteiger partial charge in [0, 0.05) is 26.2 Å². The highest BCUT2D eigenvalue weighted by atomic mass is 16.5. The van der Waals surface area contributed by atoms with Gasteiger partial charge in [-0.3, -0.25) is 4.90 Å². The smallest absolute Gasteiger partial charge is 0.0760 e. The molecule has 0 aromatic carbocycles. The van der Waals surface area contributed by atoms with Crippen molar-refractivity contribution < 1.29 is 4.74 Å². The standard InChI is InChI=1S/C12H26N2O/c1-6-13-7-8-14-9-11(2,3)15-12(4,5)10-14/h13H,6-10H2,1-5H3. The molecule has 0 radical (unpaired) electrons. The van der Waals surface area contributed by atoms with E-state index in [0.717, 1.165) is 32.7 Å². The average Bonchev–Trinajstić information content (AvgIpc) is 1.98. The van der Waals surface area contributed by atoms with E-state index in [0.29, 0.717) is 0 Å². The van der Waals surface area contributed by atoms with Crippen LogP contribution < -0.4 is 5.32 Å². The van der Waals surface area contributed by atoms with Gasteiger partial charge in [0.05, 0.1) is 11.2 Å². The van der Waals surface area contributed by atoms with Crippen LogP contribution in [0.25, 0.3) is 0 Å². The zero-order valence-corrected chi connectivity index (χ0v) is 10.9. The van der Waals surface area contributed by atoms with E-state index in [1.165, 1.54) is 0 Å². The Bertz CT molecular complexity index is 186. The van der Waals surface area contributed by atoms with Gasteiger partial charge in [-0.15, -0.1) is 0 Å². The minimum Gasteiger partial charge on any atom is -0.367 e. The summed E-state index contributed by atoms with van der Waals surface area (Å²) in [5, 5.41) is 3.37. The van der Waals surface area contributed by atoms with Crippen LogP contribution in [-0.4, -0.2) is 48.8 Å². The van der Waals surface area contributed by atoms with Crippen molar-refractivity contribution in [2.24, 2.45) is 0 Å². The number of ether oxygens (including phenoxy) is 1. The molecule has 0 aromatic heterocycles. The first-order valence-electron chi connectivity index (χ1n) is 5.98. The zero-order chi connectivity index (χ0) is 11.5. The molecule has 0 amide bonds. The lowest BCUT2D eigenvalue weighted by atomic mass is 9.99. The zero-order valence-electron chi connectivity index (χ0n) is 10.9.